The van der Waals surface area contributed by atoms with E-state index >= 15 is 0 Å². The van der Waals surface area contributed by atoms with Gasteiger partial charge >= 0.3 is 0 Å². The fourth-order valence-electron chi connectivity index (χ4n) is 2.16. The number of nitrogens with one attached hydrogen (secondary N) is 1. The molecule has 2 N–H and O–H groups in total. The topological polar surface area (TPSA) is 50.1 Å². The Labute approximate surface area is 114 Å². The van der Waals surface area contributed by atoms with Crippen LogP contribution in [0.2, 0.25) is 0 Å². The lowest BCUT2D eigenvalue weighted by atomic mass is 10.1. The third kappa shape index (κ3) is 4.10. The van der Waals surface area contributed by atoms with Crippen molar-refractivity contribution in [2.24, 2.45) is 0 Å². The minimum absolute atomic E-state index is 0.222. The number of phenols is 1. The van der Waals surface area contributed by atoms with Crippen molar-refractivity contribution in [2.45, 2.75) is 38.9 Å². The minimum Gasteiger partial charge on any atom is -0.508 e. The van der Waals surface area contributed by atoms with Gasteiger partial charge in [0, 0.05) is 31.0 Å². The van der Waals surface area contributed by atoms with E-state index < -0.39 is 0 Å². The first-order chi connectivity index (χ1) is 9.15. The van der Waals surface area contributed by atoms with Crippen LogP contribution in [0.25, 0.3) is 0 Å². The van der Waals surface area contributed by atoms with Gasteiger partial charge in [-0.15, -0.1) is 0 Å². The summed E-state index contributed by atoms with van der Waals surface area (Å²) < 4.78 is 1.94. The molecule has 0 aliphatic carbocycles. The molecule has 102 valence electrons. The number of aromatic hydroxyl groups is 1. The van der Waals surface area contributed by atoms with E-state index in [9.17, 15) is 5.11 Å². The molecule has 1 heterocycles. The Kier molecular flexibility index (Phi) is 4.58. The minimum atomic E-state index is 0.222. The maximum Gasteiger partial charge on any atom is 0.115 e. The lowest BCUT2D eigenvalue weighted by Crippen LogP contribution is -2.30. The van der Waals surface area contributed by atoms with Crippen LogP contribution in [0.3, 0.4) is 0 Å². The molecule has 0 fully saturated rings. The van der Waals surface area contributed by atoms with Crippen LogP contribution in [-0.4, -0.2) is 20.9 Å². The van der Waals surface area contributed by atoms with Gasteiger partial charge in [0.1, 0.15) is 5.75 Å². The number of nitrogens with zero attached hydrogens (tertiary/aromatic N) is 2. The predicted molar refractivity (Wildman–Crippen MR) is 76.0 cm³/mol. The third-order valence-electron chi connectivity index (χ3n) is 3.26. The molecule has 0 aliphatic rings. The van der Waals surface area contributed by atoms with Gasteiger partial charge in [-0.2, -0.15) is 5.10 Å². The molecule has 2 rings (SSSR count). The zero-order valence-electron chi connectivity index (χ0n) is 11.5. The van der Waals surface area contributed by atoms with Gasteiger partial charge in [-0.1, -0.05) is 12.1 Å². The van der Waals surface area contributed by atoms with Crippen molar-refractivity contribution in [1.29, 1.82) is 0 Å². The van der Waals surface area contributed by atoms with Crippen molar-refractivity contribution >= 4 is 0 Å². The van der Waals surface area contributed by atoms with Gasteiger partial charge in [-0.25, -0.2) is 0 Å². The van der Waals surface area contributed by atoms with Gasteiger partial charge < -0.3 is 10.4 Å². The Morgan fingerprint density at radius 1 is 1.32 bits per heavy atom. The maximum atomic E-state index is 9.49. The van der Waals surface area contributed by atoms with Crippen molar-refractivity contribution in [3.63, 3.8) is 0 Å². The van der Waals surface area contributed by atoms with E-state index in [4.69, 9.17) is 0 Å². The molecule has 1 aromatic heterocycles. The van der Waals surface area contributed by atoms with Crippen LogP contribution in [0.1, 0.15) is 31.9 Å². The highest BCUT2D eigenvalue weighted by Crippen LogP contribution is 2.18. The van der Waals surface area contributed by atoms with Gasteiger partial charge in [0.05, 0.1) is 0 Å². The highest BCUT2D eigenvalue weighted by molar-refractivity contribution is 5.29. The van der Waals surface area contributed by atoms with Crippen LogP contribution >= 0.6 is 0 Å². The molecule has 2 atom stereocenters. The molecule has 2 aromatic rings. The summed E-state index contributed by atoms with van der Waals surface area (Å²) in [5.41, 5.74) is 1.10. The summed E-state index contributed by atoms with van der Waals surface area (Å²) >= 11 is 0. The second kappa shape index (κ2) is 6.38. The molecule has 19 heavy (non-hydrogen) atoms. The molecule has 1 aromatic carbocycles. The molecule has 0 unspecified atom stereocenters. The van der Waals surface area contributed by atoms with E-state index in [1.54, 1.807) is 18.3 Å². The molecule has 0 amide bonds. The number of aryl methyl sites for hydroxylation is 1. The van der Waals surface area contributed by atoms with Gasteiger partial charge in [-0.05, 0) is 44.0 Å². The van der Waals surface area contributed by atoms with E-state index in [-0.39, 0.29) is 6.04 Å². The predicted octanol–water partition coefficient (Wildman–Crippen LogP) is 2.72. The number of aromatic nitrogens is 2. The number of benzene rings is 1. The largest absolute Gasteiger partial charge is 0.508 e. The molecular weight excluding hydrogens is 238 g/mol. The van der Waals surface area contributed by atoms with Crippen LogP contribution < -0.4 is 5.32 Å². The van der Waals surface area contributed by atoms with Crippen LogP contribution in [-0.2, 0) is 6.54 Å². The van der Waals surface area contributed by atoms with E-state index in [1.807, 2.05) is 29.1 Å². The quantitative estimate of drug-likeness (QED) is 0.838. The molecule has 4 nitrogen and oxygen atoms in total. The second-order valence-corrected chi connectivity index (χ2v) is 4.94. The number of hydrogen-bond donors (Lipinski definition) is 2. The van der Waals surface area contributed by atoms with Crippen LogP contribution in [0, 0.1) is 0 Å². The summed E-state index contributed by atoms with van der Waals surface area (Å²) in [4.78, 5) is 0. The van der Waals surface area contributed by atoms with E-state index in [0.717, 1.165) is 18.5 Å². The normalized spacial score (nSPS) is 14.2. The Hall–Kier alpha value is -1.81. The summed E-state index contributed by atoms with van der Waals surface area (Å²) in [6.07, 6.45) is 4.80. The van der Waals surface area contributed by atoms with Crippen LogP contribution in [0.5, 0.6) is 5.75 Å². The Bertz CT molecular complexity index is 496. The number of phenolic OH excluding ortho intramolecular Hbond substituents is 1. The van der Waals surface area contributed by atoms with Crippen LogP contribution in [0.15, 0.2) is 42.7 Å². The summed E-state index contributed by atoms with van der Waals surface area (Å²) in [6, 6.07) is 9.94. The second-order valence-electron chi connectivity index (χ2n) is 4.94. The first-order valence-electron chi connectivity index (χ1n) is 6.67. The Morgan fingerprint density at radius 3 is 2.84 bits per heavy atom. The van der Waals surface area contributed by atoms with Crippen molar-refractivity contribution in [3.8, 4) is 5.75 Å². The maximum absolute atomic E-state index is 9.49. The fraction of sp³-hybridized carbons (Fsp3) is 0.400. The highest BCUT2D eigenvalue weighted by Gasteiger charge is 2.10. The molecule has 0 aliphatic heterocycles. The lowest BCUT2D eigenvalue weighted by molar-refractivity contribution is 0.419. The highest BCUT2D eigenvalue weighted by atomic mass is 16.3. The van der Waals surface area contributed by atoms with E-state index in [0.29, 0.717) is 11.8 Å². The molecule has 0 saturated heterocycles. The Morgan fingerprint density at radius 2 is 2.16 bits per heavy atom. The summed E-state index contributed by atoms with van der Waals surface area (Å²) in [6.45, 7) is 5.19. The smallest absolute Gasteiger partial charge is 0.115 e. The monoisotopic (exact) mass is 259 g/mol. The standard InChI is InChI=1S/C15H21N3O/c1-12(7-10-18-9-4-8-16-18)17-13(2)14-5-3-6-15(19)11-14/h3-6,8-9,11-13,17,19H,7,10H2,1-2H3/t12-,13+/m0/s1. The molecule has 0 radical (unpaired) electrons. The zero-order valence-corrected chi connectivity index (χ0v) is 11.5. The molecule has 0 bridgehead atoms. The SMILES string of the molecule is C[C@@H](CCn1cccn1)N[C@H](C)c1cccc(O)c1. The van der Waals surface area contributed by atoms with Gasteiger partial charge in [0.2, 0.25) is 0 Å². The van der Waals surface area contributed by atoms with Gasteiger partial charge in [-0.3, -0.25) is 4.68 Å². The molecule has 0 saturated carbocycles. The van der Waals surface area contributed by atoms with Crippen molar-refractivity contribution < 1.29 is 5.11 Å². The summed E-state index contributed by atoms with van der Waals surface area (Å²) in [5, 5.41) is 17.2. The van der Waals surface area contributed by atoms with Crippen molar-refractivity contribution in [3.05, 3.63) is 48.3 Å². The Balaban J connectivity index is 1.83. The molecular formula is C15H21N3O. The number of hydrogen-bond acceptors (Lipinski definition) is 3. The average Bonchev–Trinajstić information content (AvgIpc) is 2.89. The van der Waals surface area contributed by atoms with Gasteiger partial charge in [0.25, 0.3) is 0 Å². The van der Waals surface area contributed by atoms with Crippen LogP contribution in [0.4, 0.5) is 0 Å². The zero-order chi connectivity index (χ0) is 13.7. The van der Waals surface area contributed by atoms with Gasteiger partial charge in [0.15, 0.2) is 0 Å². The summed E-state index contributed by atoms with van der Waals surface area (Å²) in [7, 11) is 0. The van der Waals surface area contributed by atoms with E-state index in [1.165, 1.54) is 0 Å². The van der Waals surface area contributed by atoms with Crippen molar-refractivity contribution in [1.82, 2.24) is 15.1 Å². The van der Waals surface area contributed by atoms with Crippen molar-refractivity contribution in [2.75, 3.05) is 0 Å². The fourth-order valence-corrected chi connectivity index (χ4v) is 2.16. The molecule has 4 heteroatoms. The average molecular weight is 259 g/mol. The molecule has 0 spiro atoms. The lowest BCUT2D eigenvalue weighted by Gasteiger charge is -2.20. The summed E-state index contributed by atoms with van der Waals surface area (Å²) in [5.74, 6) is 0.315. The first-order valence-corrected chi connectivity index (χ1v) is 6.67. The number of rotatable bonds is 6. The first kappa shape index (κ1) is 13.6. The van der Waals surface area contributed by atoms with E-state index in [2.05, 4.69) is 24.3 Å². The third-order valence-corrected chi connectivity index (χ3v) is 3.26.